The predicted octanol–water partition coefficient (Wildman–Crippen LogP) is 2.71. The number of hydrogen-bond donors (Lipinski definition) is 3. The molecule has 1 heterocycles. The fraction of sp³-hybridized carbons (Fsp3) is 0.294. The van der Waals surface area contributed by atoms with Crippen LogP contribution in [0.1, 0.15) is 37.7 Å². The highest BCUT2D eigenvalue weighted by atomic mass is 16.2. The SMILES string of the molecule is CCC(C)NC(=O)c1cc(Nc2ccc(NC(C)=O)cc2)ncn1. The number of benzene rings is 1. The summed E-state index contributed by atoms with van der Waals surface area (Å²) in [6.07, 6.45) is 2.20. The lowest BCUT2D eigenvalue weighted by Gasteiger charge is -2.11. The van der Waals surface area contributed by atoms with E-state index in [0.29, 0.717) is 17.2 Å². The van der Waals surface area contributed by atoms with Crippen LogP contribution < -0.4 is 16.0 Å². The van der Waals surface area contributed by atoms with E-state index in [1.54, 1.807) is 18.2 Å². The predicted molar refractivity (Wildman–Crippen MR) is 93.3 cm³/mol. The maximum Gasteiger partial charge on any atom is 0.270 e. The second-order valence-corrected chi connectivity index (χ2v) is 5.45. The van der Waals surface area contributed by atoms with Crippen LogP contribution >= 0.6 is 0 Å². The second-order valence-electron chi connectivity index (χ2n) is 5.45. The Kier molecular flexibility index (Phi) is 5.83. The zero-order chi connectivity index (χ0) is 17.5. The van der Waals surface area contributed by atoms with E-state index in [2.05, 4.69) is 25.9 Å². The average molecular weight is 327 g/mol. The van der Waals surface area contributed by atoms with Gasteiger partial charge in [0.25, 0.3) is 5.91 Å². The van der Waals surface area contributed by atoms with Gasteiger partial charge in [0.2, 0.25) is 5.91 Å². The lowest BCUT2D eigenvalue weighted by Crippen LogP contribution is -2.32. The van der Waals surface area contributed by atoms with E-state index in [0.717, 1.165) is 12.1 Å². The van der Waals surface area contributed by atoms with Gasteiger partial charge in [-0.3, -0.25) is 9.59 Å². The monoisotopic (exact) mass is 327 g/mol. The van der Waals surface area contributed by atoms with Gasteiger partial charge in [0.1, 0.15) is 17.8 Å². The van der Waals surface area contributed by atoms with Crippen LogP contribution in [-0.4, -0.2) is 27.8 Å². The van der Waals surface area contributed by atoms with Crippen LogP contribution in [0, 0.1) is 0 Å². The summed E-state index contributed by atoms with van der Waals surface area (Å²) in [7, 11) is 0. The maximum absolute atomic E-state index is 12.1. The Morgan fingerprint density at radius 3 is 2.42 bits per heavy atom. The third-order valence-electron chi connectivity index (χ3n) is 3.37. The number of nitrogens with zero attached hydrogens (tertiary/aromatic N) is 2. The van der Waals surface area contributed by atoms with Crippen molar-refractivity contribution in [3.05, 3.63) is 42.4 Å². The number of carbonyl (C=O) groups is 2. The Bertz CT molecular complexity index is 715. The minimum Gasteiger partial charge on any atom is -0.348 e. The van der Waals surface area contributed by atoms with Gasteiger partial charge in [0, 0.05) is 30.4 Å². The Morgan fingerprint density at radius 2 is 1.79 bits per heavy atom. The minimum absolute atomic E-state index is 0.0881. The van der Waals surface area contributed by atoms with E-state index in [1.807, 2.05) is 26.0 Å². The van der Waals surface area contributed by atoms with Gasteiger partial charge in [-0.2, -0.15) is 0 Å². The van der Waals surface area contributed by atoms with E-state index in [9.17, 15) is 9.59 Å². The van der Waals surface area contributed by atoms with Crippen LogP contribution in [0.2, 0.25) is 0 Å². The van der Waals surface area contributed by atoms with Gasteiger partial charge in [-0.15, -0.1) is 0 Å². The summed E-state index contributed by atoms with van der Waals surface area (Å²) in [5, 5.41) is 8.67. The number of aromatic nitrogens is 2. The van der Waals surface area contributed by atoms with Crippen molar-refractivity contribution in [3.8, 4) is 0 Å². The van der Waals surface area contributed by atoms with Crippen LogP contribution in [0.4, 0.5) is 17.2 Å². The van der Waals surface area contributed by atoms with E-state index < -0.39 is 0 Å². The number of carbonyl (C=O) groups excluding carboxylic acids is 2. The summed E-state index contributed by atoms with van der Waals surface area (Å²) >= 11 is 0. The molecular formula is C17H21N5O2. The first-order valence-electron chi connectivity index (χ1n) is 7.75. The van der Waals surface area contributed by atoms with E-state index >= 15 is 0 Å². The Labute approximate surface area is 140 Å². The van der Waals surface area contributed by atoms with Crippen LogP contribution in [0.5, 0.6) is 0 Å². The summed E-state index contributed by atoms with van der Waals surface area (Å²) < 4.78 is 0. The molecular weight excluding hydrogens is 306 g/mol. The molecule has 1 aromatic carbocycles. The average Bonchev–Trinajstić information content (AvgIpc) is 2.56. The molecule has 0 saturated carbocycles. The summed E-state index contributed by atoms with van der Waals surface area (Å²) in [5.41, 5.74) is 1.81. The molecule has 24 heavy (non-hydrogen) atoms. The molecule has 0 saturated heterocycles. The van der Waals surface area contributed by atoms with Gasteiger partial charge in [-0.1, -0.05) is 6.92 Å². The highest BCUT2D eigenvalue weighted by molar-refractivity contribution is 5.93. The summed E-state index contributed by atoms with van der Waals surface area (Å²) in [6, 6.07) is 8.87. The molecule has 2 aromatic rings. The van der Waals surface area contributed by atoms with Crippen LogP contribution in [0.25, 0.3) is 0 Å². The molecule has 0 aliphatic carbocycles. The van der Waals surface area contributed by atoms with Gasteiger partial charge in [0.15, 0.2) is 0 Å². The summed E-state index contributed by atoms with van der Waals surface area (Å²) in [4.78, 5) is 31.2. The number of anilines is 3. The first-order chi connectivity index (χ1) is 11.5. The molecule has 1 unspecified atom stereocenters. The largest absolute Gasteiger partial charge is 0.348 e. The minimum atomic E-state index is -0.226. The zero-order valence-corrected chi connectivity index (χ0v) is 14.0. The fourth-order valence-corrected chi connectivity index (χ4v) is 1.94. The molecule has 2 amide bonds. The fourth-order valence-electron chi connectivity index (χ4n) is 1.94. The van der Waals surface area contributed by atoms with Gasteiger partial charge in [-0.25, -0.2) is 9.97 Å². The highest BCUT2D eigenvalue weighted by Crippen LogP contribution is 2.17. The lowest BCUT2D eigenvalue weighted by molar-refractivity contribution is -0.114. The van der Waals surface area contributed by atoms with Crippen molar-refractivity contribution in [3.63, 3.8) is 0 Å². The van der Waals surface area contributed by atoms with Crippen molar-refractivity contribution < 1.29 is 9.59 Å². The molecule has 126 valence electrons. The van der Waals surface area contributed by atoms with Gasteiger partial charge in [0.05, 0.1) is 0 Å². The zero-order valence-electron chi connectivity index (χ0n) is 14.0. The molecule has 0 aliphatic rings. The molecule has 3 N–H and O–H groups in total. The molecule has 0 bridgehead atoms. The topological polar surface area (TPSA) is 96.0 Å². The van der Waals surface area contributed by atoms with Crippen molar-refractivity contribution in [2.24, 2.45) is 0 Å². The lowest BCUT2D eigenvalue weighted by atomic mass is 10.2. The molecule has 7 heteroatoms. The molecule has 2 rings (SSSR count). The summed E-state index contributed by atoms with van der Waals surface area (Å²) in [5.74, 6) is 0.172. The molecule has 7 nitrogen and oxygen atoms in total. The molecule has 0 fully saturated rings. The van der Waals surface area contributed by atoms with Gasteiger partial charge in [-0.05, 0) is 37.6 Å². The van der Waals surface area contributed by atoms with Crippen molar-refractivity contribution >= 4 is 29.0 Å². The van der Waals surface area contributed by atoms with Gasteiger partial charge >= 0.3 is 0 Å². The Hall–Kier alpha value is -2.96. The standard InChI is InChI=1S/C17H21N5O2/c1-4-11(2)20-17(24)15-9-16(19-10-18-15)22-14-7-5-13(6-8-14)21-12(3)23/h5-11H,4H2,1-3H3,(H,20,24)(H,21,23)(H,18,19,22). The van der Waals surface area contributed by atoms with E-state index in [1.165, 1.54) is 13.3 Å². The summed E-state index contributed by atoms with van der Waals surface area (Å²) in [6.45, 7) is 5.40. The molecule has 1 atom stereocenters. The quantitative estimate of drug-likeness (QED) is 0.758. The first kappa shape index (κ1) is 17.4. The molecule has 0 radical (unpaired) electrons. The maximum atomic E-state index is 12.1. The Morgan fingerprint density at radius 1 is 1.12 bits per heavy atom. The van der Waals surface area contributed by atoms with Crippen LogP contribution in [0.15, 0.2) is 36.7 Å². The first-order valence-corrected chi connectivity index (χ1v) is 7.75. The Balaban J connectivity index is 2.06. The highest BCUT2D eigenvalue weighted by Gasteiger charge is 2.11. The van der Waals surface area contributed by atoms with Crippen molar-refractivity contribution in [1.82, 2.24) is 15.3 Å². The molecule has 0 aliphatic heterocycles. The van der Waals surface area contributed by atoms with E-state index in [-0.39, 0.29) is 17.9 Å². The number of hydrogen-bond acceptors (Lipinski definition) is 5. The van der Waals surface area contributed by atoms with Crippen molar-refractivity contribution in [2.45, 2.75) is 33.2 Å². The molecule has 1 aromatic heterocycles. The molecule has 0 spiro atoms. The number of amides is 2. The van der Waals surface area contributed by atoms with Crippen LogP contribution in [-0.2, 0) is 4.79 Å². The smallest absolute Gasteiger partial charge is 0.270 e. The van der Waals surface area contributed by atoms with Crippen molar-refractivity contribution in [2.75, 3.05) is 10.6 Å². The van der Waals surface area contributed by atoms with Crippen molar-refractivity contribution in [1.29, 1.82) is 0 Å². The number of nitrogens with one attached hydrogen (secondary N) is 3. The van der Waals surface area contributed by atoms with Crippen LogP contribution in [0.3, 0.4) is 0 Å². The third kappa shape index (κ3) is 5.05. The van der Waals surface area contributed by atoms with E-state index in [4.69, 9.17) is 0 Å². The van der Waals surface area contributed by atoms with Gasteiger partial charge < -0.3 is 16.0 Å². The second kappa shape index (κ2) is 8.05. The third-order valence-corrected chi connectivity index (χ3v) is 3.37. The normalized spacial score (nSPS) is 11.5. The number of rotatable bonds is 6.